The van der Waals surface area contributed by atoms with E-state index in [2.05, 4.69) is 59.1 Å². The minimum atomic E-state index is -0.383. The van der Waals surface area contributed by atoms with Gasteiger partial charge >= 0.3 is 0 Å². The molecule has 3 heteroatoms. The number of nitrogens with zero attached hydrogens (tertiary/aromatic N) is 2. The lowest BCUT2D eigenvalue weighted by atomic mass is 10.1. The number of benzene rings is 2. The van der Waals surface area contributed by atoms with Crippen molar-refractivity contribution in [3.8, 4) is 12.3 Å². The lowest BCUT2D eigenvalue weighted by Crippen LogP contribution is -2.38. The maximum Gasteiger partial charge on any atom is 0.229 e. The molecule has 1 aliphatic heterocycles. The summed E-state index contributed by atoms with van der Waals surface area (Å²) in [6.07, 6.45) is 6.78. The fourth-order valence-electron chi connectivity index (χ4n) is 2.63. The Morgan fingerprint density at radius 3 is 2.91 bits per heavy atom. The van der Waals surface area contributed by atoms with Crippen molar-refractivity contribution >= 4 is 11.9 Å². The number of hydrogen-bond acceptors (Lipinski definition) is 3. The Labute approximate surface area is 131 Å². The maximum atomic E-state index is 5.70. The Hall–Kier alpha value is -2.57. The van der Waals surface area contributed by atoms with Crippen LogP contribution in [-0.2, 0) is 11.3 Å². The van der Waals surface area contributed by atoms with Crippen LogP contribution in [0, 0.1) is 19.3 Å². The fraction of sp³-hybridized carbons (Fsp3) is 0.211. The van der Waals surface area contributed by atoms with E-state index in [1.807, 2.05) is 18.3 Å². The van der Waals surface area contributed by atoms with Crippen molar-refractivity contribution in [1.82, 2.24) is 0 Å². The molecule has 3 rings (SSSR count). The van der Waals surface area contributed by atoms with Gasteiger partial charge in [0.25, 0.3) is 0 Å². The molecule has 1 unspecified atom stereocenters. The SMILES string of the molecule is C#CCOC1N=Cc2ccccc2N1Cc1cccc(C)c1. The highest BCUT2D eigenvalue weighted by atomic mass is 16.5. The molecule has 110 valence electrons. The van der Waals surface area contributed by atoms with Crippen LogP contribution in [0.3, 0.4) is 0 Å². The van der Waals surface area contributed by atoms with Crippen molar-refractivity contribution in [3.63, 3.8) is 0 Å². The largest absolute Gasteiger partial charge is 0.326 e. The first-order chi connectivity index (χ1) is 10.8. The van der Waals surface area contributed by atoms with Crippen LogP contribution >= 0.6 is 0 Å². The predicted molar refractivity (Wildman–Crippen MR) is 90.0 cm³/mol. The van der Waals surface area contributed by atoms with Crippen molar-refractivity contribution in [3.05, 3.63) is 65.2 Å². The number of anilines is 1. The molecule has 0 saturated carbocycles. The molecule has 0 radical (unpaired) electrons. The third-order valence-electron chi connectivity index (χ3n) is 3.61. The van der Waals surface area contributed by atoms with Crippen LogP contribution in [0.25, 0.3) is 0 Å². The van der Waals surface area contributed by atoms with E-state index in [1.54, 1.807) is 0 Å². The Morgan fingerprint density at radius 1 is 1.23 bits per heavy atom. The summed E-state index contributed by atoms with van der Waals surface area (Å²) in [6.45, 7) is 3.07. The van der Waals surface area contributed by atoms with Crippen molar-refractivity contribution < 1.29 is 4.74 Å². The first-order valence-corrected chi connectivity index (χ1v) is 7.27. The van der Waals surface area contributed by atoms with E-state index < -0.39 is 0 Å². The third-order valence-corrected chi connectivity index (χ3v) is 3.61. The zero-order valence-electron chi connectivity index (χ0n) is 12.6. The molecular weight excluding hydrogens is 272 g/mol. The van der Waals surface area contributed by atoms with Gasteiger partial charge < -0.3 is 9.64 Å². The Balaban J connectivity index is 1.92. The van der Waals surface area contributed by atoms with Gasteiger partial charge in [0.15, 0.2) is 0 Å². The van der Waals surface area contributed by atoms with Crippen molar-refractivity contribution in [2.45, 2.75) is 19.8 Å². The van der Waals surface area contributed by atoms with Crippen molar-refractivity contribution in [2.24, 2.45) is 4.99 Å². The average molecular weight is 290 g/mol. The van der Waals surface area contributed by atoms with Crippen LogP contribution < -0.4 is 4.90 Å². The Morgan fingerprint density at radius 2 is 2.09 bits per heavy atom. The summed E-state index contributed by atoms with van der Waals surface area (Å²) < 4.78 is 5.70. The molecule has 1 atom stereocenters. The zero-order valence-corrected chi connectivity index (χ0v) is 12.6. The van der Waals surface area contributed by atoms with Crippen LogP contribution in [0.2, 0.25) is 0 Å². The molecule has 0 saturated heterocycles. The minimum Gasteiger partial charge on any atom is -0.326 e. The van der Waals surface area contributed by atoms with Gasteiger partial charge in [0.1, 0.15) is 6.61 Å². The Bertz CT molecular complexity index is 730. The summed E-state index contributed by atoms with van der Waals surface area (Å²) in [5.74, 6) is 2.51. The van der Waals surface area contributed by atoms with Gasteiger partial charge in [0.05, 0.1) is 0 Å². The molecule has 1 heterocycles. The van der Waals surface area contributed by atoms with Gasteiger partial charge in [0.2, 0.25) is 6.35 Å². The van der Waals surface area contributed by atoms with Crippen molar-refractivity contribution in [2.75, 3.05) is 11.5 Å². The monoisotopic (exact) mass is 290 g/mol. The molecule has 0 N–H and O–H groups in total. The molecule has 0 bridgehead atoms. The van der Waals surface area contributed by atoms with E-state index in [9.17, 15) is 0 Å². The molecule has 22 heavy (non-hydrogen) atoms. The number of para-hydroxylation sites is 1. The molecule has 1 aliphatic rings. The van der Waals surface area contributed by atoms with Crippen LogP contribution in [-0.4, -0.2) is 19.2 Å². The molecular formula is C19H18N2O. The summed E-state index contributed by atoms with van der Waals surface area (Å²) in [5.41, 5.74) is 4.67. The Kier molecular flexibility index (Phi) is 4.22. The molecule has 0 spiro atoms. The van der Waals surface area contributed by atoms with E-state index in [4.69, 9.17) is 11.2 Å². The maximum absolute atomic E-state index is 5.70. The summed E-state index contributed by atoms with van der Waals surface area (Å²) >= 11 is 0. The number of aliphatic imine (C=N–C) groups is 1. The summed E-state index contributed by atoms with van der Waals surface area (Å²) in [4.78, 5) is 6.63. The number of terminal acetylenes is 1. The van der Waals surface area contributed by atoms with Gasteiger partial charge in [-0.05, 0) is 18.6 Å². The summed E-state index contributed by atoms with van der Waals surface area (Å²) in [5, 5.41) is 0. The van der Waals surface area contributed by atoms with E-state index >= 15 is 0 Å². The fourth-order valence-corrected chi connectivity index (χ4v) is 2.63. The number of fused-ring (bicyclic) bond motifs is 1. The van der Waals surface area contributed by atoms with Gasteiger partial charge in [-0.1, -0.05) is 53.9 Å². The van der Waals surface area contributed by atoms with Crippen molar-refractivity contribution in [1.29, 1.82) is 0 Å². The van der Waals surface area contributed by atoms with Crippen LogP contribution in [0.5, 0.6) is 0 Å². The highest BCUT2D eigenvalue weighted by Crippen LogP contribution is 2.28. The second kappa shape index (κ2) is 6.46. The first kappa shape index (κ1) is 14.4. The predicted octanol–water partition coefficient (Wildman–Crippen LogP) is 3.37. The summed E-state index contributed by atoms with van der Waals surface area (Å²) in [7, 11) is 0. The molecule has 0 fully saturated rings. The second-order valence-corrected chi connectivity index (χ2v) is 5.30. The number of hydrogen-bond donors (Lipinski definition) is 0. The smallest absolute Gasteiger partial charge is 0.229 e. The number of ether oxygens (including phenoxy) is 1. The molecule has 2 aromatic carbocycles. The number of rotatable bonds is 4. The lowest BCUT2D eigenvalue weighted by Gasteiger charge is -2.34. The van der Waals surface area contributed by atoms with E-state index in [0.717, 1.165) is 17.8 Å². The van der Waals surface area contributed by atoms with Crippen LogP contribution in [0.4, 0.5) is 5.69 Å². The second-order valence-electron chi connectivity index (χ2n) is 5.30. The number of aryl methyl sites for hydroxylation is 1. The molecule has 0 aromatic heterocycles. The van der Waals surface area contributed by atoms with Gasteiger partial charge in [-0.2, -0.15) is 0 Å². The third kappa shape index (κ3) is 3.03. The molecule has 3 nitrogen and oxygen atoms in total. The molecule has 0 amide bonds. The summed E-state index contributed by atoms with van der Waals surface area (Å²) in [6, 6.07) is 16.6. The molecule has 0 aliphatic carbocycles. The minimum absolute atomic E-state index is 0.245. The highest BCUT2D eigenvalue weighted by molar-refractivity contribution is 5.90. The first-order valence-electron chi connectivity index (χ1n) is 7.27. The van der Waals surface area contributed by atoms with Gasteiger partial charge in [-0.15, -0.1) is 6.42 Å². The lowest BCUT2D eigenvalue weighted by molar-refractivity contribution is 0.0799. The van der Waals surface area contributed by atoms with E-state index in [1.165, 1.54) is 11.1 Å². The standard InChI is InChI=1S/C19H18N2O/c1-3-11-22-19-20-13-17-9-4-5-10-18(17)21(19)14-16-8-6-7-15(2)12-16/h1,4-10,12-13,19H,11,14H2,2H3. The quantitative estimate of drug-likeness (QED) is 0.807. The molecule has 2 aromatic rings. The van der Waals surface area contributed by atoms with Gasteiger partial charge in [-0.25, -0.2) is 4.99 Å². The van der Waals surface area contributed by atoms with Crippen LogP contribution in [0.15, 0.2) is 53.5 Å². The van der Waals surface area contributed by atoms with Crippen LogP contribution in [0.1, 0.15) is 16.7 Å². The average Bonchev–Trinajstić information content (AvgIpc) is 2.54. The van der Waals surface area contributed by atoms with E-state index in [0.29, 0.717) is 0 Å². The van der Waals surface area contributed by atoms with Gasteiger partial charge in [0, 0.05) is 24.0 Å². The topological polar surface area (TPSA) is 24.8 Å². The van der Waals surface area contributed by atoms with Gasteiger partial charge in [-0.3, -0.25) is 0 Å². The normalized spacial score (nSPS) is 16.2. The highest BCUT2D eigenvalue weighted by Gasteiger charge is 2.23. The zero-order chi connectivity index (χ0) is 15.4. The van der Waals surface area contributed by atoms with E-state index in [-0.39, 0.29) is 13.0 Å².